The Morgan fingerprint density at radius 1 is 0.917 bits per heavy atom. The molecule has 0 fully saturated rings. The lowest BCUT2D eigenvalue weighted by molar-refractivity contribution is 1.30. The molecule has 2 aromatic carbocycles. The largest absolute Gasteiger partial charge is 0.0616 e. The van der Waals surface area contributed by atoms with Crippen LogP contribution >= 0.6 is 0 Å². The fourth-order valence-electron chi connectivity index (χ4n) is 1.51. The van der Waals surface area contributed by atoms with E-state index in [9.17, 15) is 0 Å². The average Bonchev–Trinajstić information content (AvgIpc) is 2.17. The van der Waals surface area contributed by atoms with Gasteiger partial charge in [-0.2, -0.15) is 0 Å². The van der Waals surface area contributed by atoms with Crippen LogP contribution < -0.4 is 0 Å². The van der Waals surface area contributed by atoms with Crippen LogP contribution in [0.15, 0.2) is 42.5 Å². The van der Waals surface area contributed by atoms with E-state index in [-0.39, 0.29) is 0 Å². The smallest absolute Gasteiger partial charge is 0.0152 e. The van der Waals surface area contributed by atoms with Gasteiger partial charge in [-0.25, -0.2) is 0 Å². The number of benzene rings is 2. The van der Waals surface area contributed by atoms with Crippen molar-refractivity contribution < 1.29 is 0 Å². The summed E-state index contributed by atoms with van der Waals surface area (Å²) in [6.07, 6.45) is 0.862. The van der Waals surface area contributed by atoms with Crippen LogP contribution in [0.3, 0.4) is 0 Å². The molecule has 0 aromatic heterocycles. The van der Waals surface area contributed by atoms with Crippen molar-refractivity contribution in [2.24, 2.45) is 0 Å². The molecule has 0 unspecified atom stereocenters. The molecule has 0 nitrogen and oxygen atoms in total. The average molecular weight is 155 g/mol. The molecule has 0 bridgehead atoms. The van der Waals surface area contributed by atoms with E-state index in [1.807, 2.05) is 0 Å². The molecule has 59 valence electrons. The monoisotopic (exact) mass is 155 g/mol. The maximum Gasteiger partial charge on any atom is -0.0152 e. The Kier molecular flexibility index (Phi) is 1.83. The number of fused-ring (bicyclic) bond motifs is 1. The van der Waals surface area contributed by atoms with Gasteiger partial charge in [0.1, 0.15) is 0 Å². The maximum absolute atomic E-state index is 3.91. The van der Waals surface area contributed by atoms with E-state index in [4.69, 9.17) is 0 Å². The van der Waals surface area contributed by atoms with Gasteiger partial charge in [0.25, 0.3) is 0 Å². The second kappa shape index (κ2) is 2.98. The Labute approximate surface area is 72.8 Å². The first-order valence-electron chi connectivity index (χ1n) is 4.17. The summed E-state index contributed by atoms with van der Waals surface area (Å²) >= 11 is 0. The Hall–Kier alpha value is -1.30. The Morgan fingerprint density at radius 3 is 2.50 bits per heavy atom. The van der Waals surface area contributed by atoms with E-state index in [0.29, 0.717) is 0 Å². The molecule has 0 saturated carbocycles. The third-order valence-corrected chi connectivity index (χ3v) is 2.15. The van der Waals surface area contributed by atoms with Gasteiger partial charge in [0.05, 0.1) is 0 Å². The van der Waals surface area contributed by atoms with Crippen LogP contribution in [0.5, 0.6) is 0 Å². The minimum absolute atomic E-state index is 0.862. The zero-order valence-electron chi connectivity index (χ0n) is 6.96. The standard InChI is InChI=1S/C12H11/c1-2-10-7-5-8-11-6-3-4-9-12(10)11/h3-9H,1-2H2. The van der Waals surface area contributed by atoms with Crippen molar-refractivity contribution in [2.75, 3.05) is 0 Å². The van der Waals surface area contributed by atoms with E-state index in [2.05, 4.69) is 49.4 Å². The molecule has 0 amide bonds. The SMILES string of the molecule is [CH2]Cc1cccc2ccccc12. The minimum Gasteiger partial charge on any atom is -0.0616 e. The van der Waals surface area contributed by atoms with Gasteiger partial charge in [0, 0.05) is 0 Å². The van der Waals surface area contributed by atoms with E-state index in [1.54, 1.807) is 0 Å². The summed E-state index contributed by atoms with van der Waals surface area (Å²) in [6, 6.07) is 14.8. The molecule has 2 aromatic rings. The molecule has 0 spiro atoms. The predicted molar refractivity (Wildman–Crippen MR) is 53.0 cm³/mol. The highest BCUT2D eigenvalue weighted by Gasteiger charge is 1.95. The molecule has 2 rings (SSSR count). The van der Waals surface area contributed by atoms with Gasteiger partial charge in [-0.1, -0.05) is 42.5 Å². The Morgan fingerprint density at radius 2 is 1.67 bits per heavy atom. The van der Waals surface area contributed by atoms with E-state index in [1.165, 1.54) is 16.3 Å². The predicted octanol–water partition coefficient (Wildman–Crippen LogP) is 3.22. The van der Waals surface area contributed by atoms with Gasteiger partial charge in [0.2, 0.25) is 0 Å². The van der Waals surface area contributed by atoms with Crippen molar-refractivity contribution in [1.82, 2.24) is 0 Å². The van der Waals surface area contributed by atoms with E-state index >= 15 is 0 Å². The highest BCUT2D eigenvalue weighted by Crippen LogP contribution is 2.18. The van der Waals surface area contributed by atoms with Crippen molar-refractivity contribution in [3.63, 3.8) is 0 Å². The Balaban J connectivity index is 2.79. The lowest BCUT2D eigenvalue weighted by Gasteiger charge is -2.02. The molecular formula is C12H11. The molecule has 1 radical (unpaired) electrons. The minimum atomic E-state index is 0.862. The summed E-state index contributed by atoms with van der Waals surface area (Å²) in [4.78, 5) is 0. The second-order valence-electron chi connectivity index (χ2n) is 2.89. The first kappa shape index (κ1) is 7.35. The molecule has 0 heteroatoms. The van der Waals surface area contributed by atoms with Crippen molar-refractivity contribution in [3.05, 3.63) is 55.0 Å². The van der Waals surface area contributed by atoms with Crippen LogP contribution in [-0.2, 0) is 6.42 Å². The van der Waals surface area contributed by atoms with Crippen LogP contribution in [0.25, 0.3) is 10.8 Å². The van der Waals surface area contributed by atoms with Crippen molar-refractivity contribution >= 4 is 10.8 Å². The van der Waals surface area contributed by atoms with Gasteiger partial charge in [-0.15, -0.1) is 0 Å². The molecule has 0 saturated heterocycles. The highest BCUT2D eigenvalue weighted by atomic mass is 14.0. The van der Waals surface area contributed by atoms with Gasteiger partial charge in [-0.05, 0) is 29.7 Å². The molecule has 0 aliphatic carbocycles. The number of hydrogen-bond acceptors (Lipinski definition) is 0. The van der Waals surface area contributed by atoms with Crippen LogP contribution in [0.2, 0.25) is 0 Å². The summed E-state index contributed by atoms with van der Waals surface area (Å²) in [5, 5.41) is 2.63. The van der Waals surface area contributed by atoms with Crippen LogP contribution in [0.4, 0.5) is 0 Å². The lowest BCUT2D eigenvalue weighted by atomic mass is 10.0. The summed E-state index contributed by atoms with van der Waals surface area (Å²) in [5.41, 5.74) is 1.33. The molecule has 0 aliphatic heterocycles. The lowest BCUT2D eigenvalue weighted by Crippen LogP contribution is -1.81. The Bertz CT molecular complexity index is 383. The number of rotatable bonds is 1. The van der Waals surface area contributed by atoms with Gasteiger partial charge in [-0.3, -0.25) is 0 Å². The normalized spacial score (nSPS) is 10.4. The third-order valence-electron chi connectivity index (χ3n) is 2.15. The maximum atomic E-state index is 3.91. The molecule has 0 aliphatic rings. The molecule has 12 heavy (non-hydrogen) atoms. The zero-order chi connectivity index (χ0) is 8.39. The quantitative estimate of drug-likeness (QED) is 0.593. The van der Waals surface area contributed by atoms with Crippen molar-refractivity contribution in [2.45, 2.75) is 6.42 Å². The number of hydrogen-bond donors (Lipinski definition) is 0. The topological polar surface area (TPSA) is 0 Å². The van der Waals surface area contributed by atoms with Crippen LogP contribution in [0, 0.1) is 6.92 Å². The zero-order valence-corrected chi connectivity index (χ0v) is 6.96. The molecular weight excluding hydrogens is 144 g/mol. The van der Waals surface area contributed by atoms with E-state index < -0.39 is 0 Å². The fraction of sp³-hybridized carbons (Fsp3) is 0.0833. The summed E-state index contributed by atoms with van der Waals surface area (Å²) < 4.78 is 0. The molecule has 0 N–H and O–H groups in total. The second-order valence-corrected chi connectivity index (χ2v) is 2.89. The summed E-state index contributed by atoms with van der Waals surface area (Å²) in [6.45, 7) is 3.91. The van der Waals surface area contributed by atoms with Gasteiger partial charge in [0.15, 0.2) is 0 Å². The molecule has 0 atom stereocenters. The van der Waals surface area contributed by atoms with Crippen molar-refractivity contribution in [1.29, 1.82) is 0 Å². The fourth-order valence-corrected chi connectivity index (χ4v) is 1.51. The highest BCUT2D eigenvalue weighted by molar-refractivity contribution is 5.85. The van der Waals surface area contributed by atoms with Crippen LogP contribution in [0.1, 0.15) is 5.56 Å². The van der Waals surface area contributed by atoms with E-state index in [0.717, 1.165) is 6.42 Å². The molecule has 0 heterocycles. The van der Waals surface area contributed by atoms with Crippen LogP contribution in [-0.4, -0.2) is 0 Å². The first-order chi connectivity index (χ1) is 5.92. The third kappa shape index (κ3) is 1.10. The summed E-state index contributed by atoms with van der Waals surface area (Å²) in [7, 11) is 0. The van der Waals surface area contributed by atoms with Gasteiger partial charge >= 0.3 is 0 Å². The van der Waals surface area contributed by atoms with Gasteiger partial charge < -0.3 is 0 Å². The van der Waals surface area contributed by atoms with Crippen molar-refractivity contribution in [3.8, 4) is 0 Å². The first-order valence-corrected chi connectivity index (χ1v) is 4.17. The summed E-state index contributed by atoms with van der Waals surface area (Å²) in [5.74, 6) is 0.